The summed E-state index contributed by atoms with van der Waals surface area (Å²) in [6.07, 6.45) is 3.64. The predicted molar refractivity (Wildman–Crippen MR) is 93.6 cm³/mol. The van der Waals surface area contributed by atoms with Crippen molar-refractivity contribution in [3.05, 3.63) is 35.9 Å². The Hall–Kier alpha value is -1.88. The molecule has 2 amide bonds. The van der Waals surface area contributed by atoms with Gasteiger partial charge in [0, 0.05) is 44.6 Å². The maximum absolute atomic E-state index is 12.7. The largest absolute Gasteiger partial charge is 0.356 e. The number of amides is 2. The zero-order chi connectivity index (χ0) is 17.0. The molecular formula is C19H27N3O2. The second-order valence-corrected chi connectivity index (χ2v) is 7.05. The number of aryl methyl sites for hydroxylation is 1. The Balaban J connectivity index is 1.62. The van der Waals surface area contributed by atoms with Crippen LogP contribution in [-0.2, 0) is 16.0 Å². The number of hydrogen-bond donors (Lipinski definition) is 1. The predicted octanol–water partition coefficient (Wildman–Crippen LogP) is 1.43. The molecule has 2 saturated heterocycles. The Kier molecular flexibility index (Phi) is 5.19. The standard InChI is InChI=1S/C19H27N3O2/c1-21-13-14-22(15-19(21)10-9-17(23)20-12-11-19)18(24)8-7-16-5-3-2-4-6-16/h2-6H,7-15H2,1H3,(H,20,23)/t19-/m1/s1. The Morgan fingerprint density at radius 2 is 2.00 bits per heavy atom. The van der Waals surface area contributed by atoms with Crippen molar-refractivity contribution in [3.63, 3.8) is 0 Å². The Bertz CT molecular complexity index is 590. The van der Waals surface area contributed by atoms with E-state index >= 15 is 0 Å². The fourth-order valence-corrected chi connectivity index (χ4v) is 3.86. The van der Waals surface area contributed by atoms with Crippen molar-refractivity contribution in [2.75, 3.05) is 33.2 Å². The normalized spacial score (nSPS) is 25.4. The highest BCUT2D eigenvalue weighted by molar-refractivity contribution is 5.77. The molecule has 0 saturated carbocycles. The number of nitrogens with one attached hydrogen (secondary N) is 1. The summed E-state index contributed by atoms with van der Waals surface area (Å²) in [7, 11) is 2.13. The Morgan fingerprint density at radius 1 is 1.21 bits per heavy atom. The lowest BCUT2D eigenvalue weighted by Gasteiger charge is -2.49. The van der Waals surface area contributed by atoms with Crippen molar-refractivity contribution in [1.82, 2.24) is 15.1 Å². The van der Waals surface area contributed by atoms with Gasteiger partial charge in [0.15, 0.2) is 0 Å². The number of rotatable bonds is 3. The van der Waals surface area contributed by atoms with Crippen LogP contribution in [0.5, 0.6) is 0 Å². The summed E-state index contributed by atoms with van der Waals surface area (Å²) in [5.41, 5.74) is 1.15. The van der Waals surface area contributed by atoms with Gasteiger partial charge in [0.2, 0.25) is 11.8 Å². The fraction of sp³-hybridized carbons (Fsp3) is 0.579. The zero-order valence-electron chi connectivity index (χ0n) is 14.5. The van der Waals surface area contributed by atoms with Crippen LogP contribution in [0.25, 0.3) is 0 Å². The molecule has 5 heteroatoms. The molecule has 2 fully saturated rings. The van der Waals surface area contributed by atoms with E-state index in [4.69, 9.17) is 0 Å². The quantitative estimate of drug-likeness (QED) is 0.913. The van der Waals surface area contributed by atoms with Crippen molar-refractivity contribution in [2.24, 2.45) is 0 Å². The van der Waals surface area contributed by atoms with Crippen molar-refractivity contribution >= 4 is 11.8 Å². The monoisotopic (exact) mass is 329 g/mol. The topological polar surface area (TPSA) is 52.6 Å². The Morgan fingerprint density at radius 3 is 2.79 bits per heavy atom. The van der Waals surface area contributed by atoms with E-state index in [1.807, 2.05) is 23.1 Å². The SMILES string of the molecule is CN1CCN(C(=O)CCc2ccccc2)C[C@@]12CCNC(=O)CC2. The molecular weight excluding hydrogens is 302 g/mol. The molecule has 1 N–H and O–H groups in total. The van der Waals surface area contributed by atoms with Crippen LogP contribution in [0.1, 0.15) is 31.2 Å². The molecule has 0 aliphatic carbocycles. The van der Waals surface area contributed by atoms with Crippen LogP contribution in [0.3, 0.4) is 0 Å². The van der Waals surface area contributed by atoms with Crippen LogP contribution in [-0.4, -0.2) is 60.4 Å². The lowest BCUT2D eigenvalue weighted by Crippen LogP contribution is -2.62. The molecule has 1 aromatic rings. The highest BCUT2D eigenvalue weighted by atomic mass is 16.2. The summed E-state index contributed by atoms with van der Waals surface area (Å²) in [5.74, 6) is 0.364. The van der Waals surface area contributed by atoms with Gasteiger partial charge in [-0.05, 0) is 31.9 Å². The maximum Gasteiger partial charge on any atom is 0.223 e. The van der Waals surface area contributed by atoms with E-state index in [1.165, 1.54) is 5.56 Å². The molecule has 2 aliphatic rings. The van der Waals surface area contributed by atoms with E-state index in [2.05, 4.69) is 29.4 Å². The number of hydrogen-bond acceptors (Lipinski definition) is 3. The maximum atomic E-state index is 12.7. The summed E-state index contributed by atoms with van der Waals surface area (Å²) in [6.45, 7) is 3.11. The first-order chi connectivity index (χ1) is 11.6. The third-order valence-electron chi connectivity index (χ3n) is 5.55. The number of piperazine rings is 1. The third kappa shape index (κ3) is 3.78. The molecule has 130 valence electrons. The first kappa shape index (κ1) is 17.0. The Labute approximate surface area is 144 Å². The minimum atomic E-state index is -0.0557. The lowest BCUT2D eigenvalue weighted by molar-refractivity contribution is -0.136. The van der Waals surface area contributed by atoms with Crippen LogP contribution in [0.2, 0.25) is 0 Å². The van der Waals surface area contributed by atoms with Gasteiger partial charge in [0.05, 0.1) is 0 Å². The third-order valence-corrected chi connectivity index (χ3v) is 5.55. The van der Waals surface area contributed by atoms with E-state index in [1.54, 1.807) is 0 Å². The van der Waals surface area contributed by atoms with Gasteiger partial charge in [-0.1, -0.05) is 30.3 Å². The molecule has 1 atom stereocenters. The van der Waals surface area contributed by atoms with Gasteiger partial charge in [0.25, 0.3) is 0 Å². The minimum Gasteiger partial charge on any atom is -0.356 e. The summed E-state index contributed by atoms with van der Waals surface area (Å²) in [5, 5.41) is 2.96. The molecule has 24 heavy (non-hydrogen) atoms. The van der Waals surface area contributed by atoms with Gasteiger partial charge < -0.3 is 10.2 Å². The van der Waals surface area contributed by atoms with Crippen molar-refractivity contribution in [2.45, 2.75) is 37.6 Å². The number of nitrogens with zero attached hydrogens (tertiary/aromatic N) is 2. The van der Waals surface area contributed by atoms with E-state index in [0.717, 1.165) is 38.9 Å². The molecule has 0 aromatic heterocycles. The average molecular weight is 329 g/mol. The molecule has 5 nitrogen and oxygen atoms in total. The number of carbonyl (C=O) groups excluding carboxylic acids is 2. The number of benzene rings is 1. The zero-order valence-corrected chi connectivity index (χ0v) is 14.5. The summed E-state index contributed by atoms with van der Waals surface area (Å²) >= 11 is 0. The van der Waals surface area contributed by atoms with Crippen LogP contribution >= 0.6 is 0 Å². The van der Waals surface area contributed by atoms with E-state index in [0.29, 0.717) is 19.4 Å². The molecule has 3 rings (SSSR count). The molecule has 0 bridgehead atoms. The van der Waals surface area contributed by atoms with Crippen LogP contribution in [0, 0.1) is 0 Å². The van der Waals surface area contributed by atoms with E-state index < -0.39 is 0 Å². The van der Waals surface area contributed by atoms with E-state index in [9.17, 15) is 9.59 Å². The van der Waals surface area contributed by atoms with Gasteiger partial charge >= 0.3 is 0 Å². The molecule has 2 heterocycles. The molecule has 1 spiro atoms. The van der Waals surface area contributed by atoms with Crippen LogP contribution < -0.4 is 5.32 Å². The summed E-state index contributed by atoms with van der Waals surface area (Å²) in [4.78, 5) is 28.7. The smallest absolute Gasteiger partial charge is 0.223 e. The first-order valence-electron chi connectivity index (χ1n) is 8.89. The fourth-order valence-electron chi connectivity index (χ4n) is 3.86. The summed E-state index contributed by atoms with van der Waals surface area (Å²) < 4.78 is 0. The molecule has 0 radical (unpaired) electrons. The van der Waals surface area contributed by atoms with Gasteiger partial charge in [-0.15, -0.1) is 0 Å². The van der Waals surface area contributed by atoms with Crippen molar-refractivity contribution in [1.29, 1.82) is 0 Å². The van der Waals surface area contributed by atoms with Gasteiger partial charge in [0.1, 0.15) is 0 Å². The first-order valence-corrected chi connectivity index (χ1v) is 8.89. The van der Waals surface area contributed by atoms with Crippen molar-refractivity contribution < 1.29 is 9.59 Å². The lowest BCUT2D eigenvalue weighted by atomic mass is 9.86. The van der Waals surface area contributed by atoms with E-state index in [-0.39, 0.29) is 17.4 Å². The van der Waals surface area contributed by atoms with Gasteiger partial charge in [-0.3, -0.25) is 14.5 Å². The number of likely N-dealkylation sites (N-methyl/N-ethyl adjacent to an activating group) is 1. The molecule has 0 unspecified atom stereocenters. The van der Waals surface area contributed by atoms with Gasteiger partial charge in [-0.25, -0.2) is 0 Å². The van der Waals surface area contributed by atoms with Crippen molar-refractivity contribution in [3.8, 4) is 0 Å². The highest BCUT2D eigenvalue weighted by Gasteiger charge is 2.41. The highest BCUT2D eigenvalue weighted by Crippen LogP contribution is 2.30. The molecule has 1 aromatic carbocycles. The van der Waals surface area contributed by atoms with Gasteiger partial charge in [-0.2, -0.15) is 0 Å². The van der Waals surface area contributed by atoms with Crippen LogP contribution in [0.4, 0.5) is 0 Å². The average Bonchev–Trinajstić information content (AvgIpc) is 2.79. The second kappa shape index (κ2) is 7.34. The minimum absolute atomic E-state index is 0.0557. The second-order valence-electron chi connectivity index (χ2n) is 7.05. The molecule has 2 aliphatic heterocycles. The van der Waals surface area contributed by atoms with Crippen LogP contribution in [0.15, 0.2) is 30.3 Å². The summed E-state index contributed by atoms with van der Waals surface area (Å²) in [6, 6.07) is 10.2. The number of carbonyl (C=O) groups is 2.